The number of esters is 1. The molecule has 31 heavy (non-hydrogen) atoms. The Balaban J connectivity index is 2.60. The molecule has 1 aromatic carbocycles. The van der Waals surface area contributed by atoms with Gasteiger partial charge >= 0.3 is 5.97 Å². The van der Waals surface area contributed by atoms with Crippen LogP contribution in [0.1, 0.15) is 65.4 Å². The summed E-state index contributed by atoms with van der Waals surface area (Å²) in [6.07, 6.45) is 12.7. The number of nitrogens with zero attached hydrogens (tertiary/aromatic N) is 1. The van der Waals surface area contributed by atoms with Gasteiger partial charge in [-0.3, -0.25) is 4.79 Å². The highest BCUT2D eigenvalue weighted by atomic mass is 16.5. The maximum atomic E-state index is 12.7. The zero-order valence-electron chi connectivity index (χ0n) is 20.6. The summed E-state index contributed by atoms with van der Waals surface area (Å²) < 4.78 is 5.56. The fourth-order valence-electron chi connectivity index (χ4n) is 3.29. The van der Waals surface area contributed by atoms with E-state index >= 15 is 0 Å². The Hall–Kier alpha value is -2.13. The minimum Gasteiger partial charge on any atom is -0.464 e. The fraction of sp³-hybridized carbons (Fsp3) is 0.536. The lowest BCUT2D eigenvalue weighted by atomic mass is 9.94. The van der Waals surface area contributed by atoms with E-state index in [-0.39, 0.29) is 11.9 Å². The number of hydrogen-bond acceptors (Lipinski definition) is 3. The summed E-state index contributed by atoms with van der Waals surface area (Å²) in [7, 11) is 3.97. The normalized spacial score (nSPS) is 13.3. The second kappa shape index (κ2) is 15.6. The molecule has 0 saturated heterocycles. The molecule has 0 N–H and O–H groups in total. The largest absolute Gasteiger partial charge is 0.464 e. The van der Waals surface area contributed by atoms with Crippen LogP contribution in [0.3, 0.4) is 0 Å². The summed E-state index contributed by atoms with van der Waals surface area (Å²) in [5.41, 5.74) is 5.36. The van der Waals surface area contributed by atoms with Crippen molar-refractivity contribution in [2.45, 2.75) is 66.2 Å². The van der Waals surface area contributed by atoms with E-state index < -0.39 is 0 Å². The molecule has 0 heterocycles. The Morgan fingerprint density at radius 2 is 1.55 bits per heavy atom. The van der Waals surface area contributed by atoms with E-state index in [1.54, 1.807) is 0 Å². The highest BCUT2D eigenvalue weighted by Gasteiger charge is 2.19. The highest BCUT2D eigenvalue weighted by molar-refractivity contribution is 5.73. The van der Waals surface area contributed by atoms with Gasteiger partial charge in [0.1, 0.15) is 6.61 Å². The van der Waals surface area contributed by atoms with Crippen molar-refractivity contribution in [3.63, 3.8) is 0 Å². The molecule has 0 aliphatic heterocycles. The van der Waals surface area contributed by atoms with Crippen molar-refractivity contribution < 1.29 is 9.53 Å². The number of hydrogen-bond donors (Lipinski definition) is 0. The zero-order valence-corrected chi connectivity index (χ0v) is 20.6. The van der Waals surface area contributed by atoms with Crippen LogP contribution in [0.4, 0.5) is 0 Å². The molecule has 1 unspecified atom stereocenters. The molecule has 3 nitrogen and oxygen atoms in total. The molecule has 1 atom stereocenters. The lowest BCUT2D eigenvalue weighted by molar-refractivity contribution is -0.148. The van der Waals surface area contributed by atoms with Gasteiger partial charge in [0.2, 0.25) is 0 Å². The molecular formula is C28H43NO2. The minimum absolute atomic E-state index is 0.0928. The van der Waals surface area contributed by atoms with Crippen molar-refractivity contribution in [3.05, 3.63) is 70.8 Å². The molecule has 0 aliphatic rings. The van der Waals surface area contributed by atoms with Crippen molar-refractivity contribution >= 4 is 5.97 Å². The van der Waals surface area contributed by atoms with Crippen molar-refractivity contribution in [1.82, 2.24) is 4.90 Å². The molecular weight excluding hydrogens is 382 g/mol. The first-order valence-electron chi connectivity index (χ1n) is 11.6. The molecule has 1 rings (SSSR count). The maximum absolute atomic E-state index is 12.7. The predicted octanol–water partition coefficient (Wildman–Crippen LogP) is 6.76. The minimum atomic E-state index is -0.138. The predicted molar refractivity (Wildman–Crippen MR) is 133 cm³/mol. The number of benzene rings is 1. The third-order valence-corrected chi connectivity index (χ3v) is 5.31. The summed E-state index contributed by atoms with van der Waals surface area (Å²) in [6, 6.07) is 10.2. The van der Waals surface area contributed by atoms with Crippen LogP contribution in [0.5, 0.6) is 0 Å². The molecule has 3 heteroatoms. The molecule has 0 fully saturated rings. The molecule has 0 amide bonds. The number of carbonyl (C=O) groups excluding carboxylic acids is 1. The maximum Gasteiger partial charge on any atom is 0.309 e. The third kappa shape index (κ3) is 13.7. The summed E-state index contributed by atoms with van der Waals surface area (Å²) >= 11 is 0. The average molecular weight is 426 g/mol. The third-order valence-electron chi connectivity index (χ3n) is 5.31. The molecule has 0 bridgehead atoms. The topological polar surface area (TPSA) is 29.5 Å². The number of allylic oxidation sites excluding steroid dienone is 6. The van der Waals surface area contributed by atoms with Crippen LogP contribution in [0.15, 0.2) is 65.3 Å². The van der Waals surface area contributed by atoms with Gasteiger partial charge in [0.25, 0.3) is 0 Å². The van der Waals surface area contributed by atoms with Crippen molar-refractivity contribution in [2.24, 2.45) is 5.92 Å². The SMILES string of the molecule is CC(C)=CCCC(C)=CCCC(C)=CCC(Cc1ccccc1)C(=O)OCCN(C)C. The number of rotatable bonds is 14. The number of likely N-dealkylation sites (N-methyl/N-ethyl adjacent to an activating group) is 1. The van der Waals surface area contributed by atoms with Gasteiger partial charge in [-0.25, -0.2) is 0 Å². The van der Waals surface area contributed by atoms with Gasteiger partial charge < -0.3 is 9.64 Å². The van der Waals surface area contributed by atoms with E-state index in [1.165, 1.54) is 22.3 Å². The Labute approximate surface area is 190 Å². The first kappa shape index (κ1) is 26.9. The van der Waals surface area contributed by atoms with Crippen LogP contribution in [0, 0.1) is 5.92 Å². The van der Waals surface area contributed by atoms with E-state index in [4.69, 9.17) is 4.74 Å². The smallest absolute Gasteiger partial charge is 0.309 e. The van der Waals surface area contributed by atoms with Gasteiger partial charge in [-0.1, -0.05) is 65.3 Å². The fourth-order valence-corrected chi connectivity index (χ4v) is 3.29. The zero-order chi connectivity index (χ0) is 23.1. The first-order chi connectivity index (χ1) is 14.8. The monoisotopic (exact) mass is 425 g/mol. The number of ether oxygens (including phenoxy) is 1. The first-order valence-corrected chi connectivity index (χ1v) is 11.6. The van der Waals surface area contributed by atoms with E-state index in [0.717, 1.165) is 45.1 Å². The van der Waals surface area contributed by atoms with Gasteiger partial charge in [-0.05, 0) is 85.9 Å². The quantitative estimate of drug-likeness (QED) is 0.244. The molecule has 0 aromatic heterocycles. The van der Waals surface area contributed by atoms with Crippen molar-refractivity contribution in [3.8, 4) is 0 Å². The molecule has 0 spiro atoms. The Morgan fingerprint density at radius 3 is 2.16 bits per heavy atom. The molecule has 0 aliphatic carbocycles. The lowest BCUT2D eigenvalue weighted by Crippen LogP contribution is -2.25. The van der Waals surface area contributed by atoms with Gasteiger partial charge in [-0.15, -0.1) is 0 Å². The Bertz CT molecular complexity index is 725. The van der Waals surface area contributed by atoms with Crippen LogP contribution < -0.4 is 0 Å². The standard InChI is InChI=1S/C28H43NO2/c1-23(2)12-10-13-24(3)14-11-15-25(4)18-19-27(22-26-16-8-7-9-17-26)28(30)31-21-20-29(5)6/h7-9,12,14,16-18,27H,10-11,13,15,19-22H2,1-6H3. The molecule has 1 aromatic rings. The van der Waals surface area contributed by atoms with Gasteiger partial charge in [0.05, 0.1) is 5.92 Å². The summed E-state index contributed by atoms with van der Waals surface area (Å²) in [4.78, 5) is 14.7. The van der Waals surface area contributed by atoms with Crippen LogP contribution in [0.25, 0.3) is 0 Å². The second-order valence-corrected chi connectivity index (χ2v) is 9.05. The molecule has 0 radical (unpaired) electrons. The van der Waals surface area contributed by atoms with Gasteiger partial charge in [0, 0.05) is 6.54 Å². The average Bonchev–Trinajstić information content (AvgIpc) is 2.71. The lowest BCUT2D eigenvalue weighted by Gasteiger charge is -2.16. The van der Waals surface area contributed by atoms with Crippen LogP contribution in [0.2, 0.25) is 0 Å². The van der Waals surface area contributed by atoms with E-state index in [1.807, 2.05) is 37.2 Å². The van der Waals surface area contributed by atoms with Gasteiger partial charge in [-0.2, -0.15) is 0 Å². The van der Waals surface area contributed by atoms with E-state index in [2.05, 4.69) is 58.1 Å². The second-order valence-electron chi connectivity index (χ2n) is 9.05. The van der Waals surface area contributed by atoms with Crippen LogP contribution >= 0.6 is 0 Å². The van der Waals surface area contributed by atoms with Crippen molar-refractivity contribution in [2.75, 3.05) is 27.2 Å². The van der Waals surface area contributed by atoms with Crippen LogP contribution in [-0.4, -0.2) is 38.1 Å². The number of carbonyl (C=O) groups is 1. The Morgan fingerprint density at radius 1 is 0.935 bits per heavy atom. The summed E-state index contributed by atoms with van der Waals surface area (Å²) in [5.74, 6) is -0.231. The summed E-state index contributed by atoms with van der Waals surface area (Å²) in [6.45, 7) is 9.88. The molecule has 172 valence electrons. The van der Waals surface area contributed by atoms with Crippen LogP contribution in [-0.2, 0) is 16.0 Å². The van der Waals surface area contributed by atoms with Crippen molar-refractivity contribution in [1.29, 1.82) is 0 Å². The van der Waals surface area contributed by atoms with E-state index in [0.29, 0.717) is 6.61 Å². The highest BCUT2D eigenvalue weighted by Crippen LogP contribution is 2.18. The molecule has 0 saturated carbocycles. The van der Waals surface area contributed by atoms with E-state index in [9.17, 15) is 4.79 Å². The van der Waals surface area contributed by atoms with Gasteiger partial charge in [0.15, 0.2) is 0 Å². The Kier molecular flexibility index (Phi) is 13.6. The summed E-state index contributed by atoms with van der Waals surface area (Å²) in [5, 5.41) is 0.